The molecule has 0 aliphatic carbocycles. The molecule has 25 heavy (non-hydrogen) atoms. The second-order valence-corrected chi connectivity index (χ2v) is 7.58. The van der Waals surface area contributed by atoms with Crippen LogP contribution in [0.5, 0.6) is 0 Å². The fourth-order valence-corrected chi connectivity index (χ4v) is 3.61. The molecule has 0 bridgehead atoms. The number of amides is 1. The molecule has 0 aromatic heterocycles. The molecule has 144 valence electrons. The van der Waals surface area contributed by atoms with Gasteiger partial charge in [-0.15, -0.1) is 24.8 Å². The number of nitrogens with one attached hydrogen (secondary N) is 1. The summed E-state index contributed by atoms with van der Waals surface area (Å²) in [6.07, 6.45) is 0.338. The van der Waals surface area contributed by atoms with E-state index in [0.717, 1.165) is 0 Å². The third-order valence-corrected chi connectivity index (χ3v) is 5.35. The molecule has 2 rings (SSSR count). The van der Waals surface area contributed by atoms with E-state index >= 15 is 0 Å². The normalized spacial score (nSPS) is 15.8. The van der Waals surface area contributed by atoms with Crippen LogP contribution >= 0.6 is 24.8 Å². The van der Waals surface area contributed by atoms with Gasteiger partial charge in [-0.1, -0.05) is 12.1 Å². The van der Waals surface area contributed by atoms with Crippen molar-refractivity contribution in [3.05, 3.63) is 24.3 Å². The third kappa shape index (κ3) is 6.00. The number of carbonyl (C=O) groups excluding carboxylic acids is 1. The maximum absolute atomic E-state index is 12.1. The molecule has 0 saturated carbocycles. The number of hydrogen-bond acceptors (Lipinski definition) is 5. The summed E-state index contributed by atoms with van der Waals surface area (Å²) in [5, 5.41) is 0. The molecule has 1 atom stereocenters. The molecule has 1 aromatic carbocycles. The molecule has 0 spiro atoms. The monoisotopic (exact) mass is 412 g/mol. The first-order valence-electron chi connectivity index (χ1n) is 7.66. The van der Waals surface area contributed by atoms with Crippen LogP contribution in [0, 0.1) is 0 Å². The largest absolute Gasteiger partial charge is 0.367 e. The van der Waals surface area contributed by atoms with Crippen LogP contribution in [0.2, 0.25) is 0 Å². The molecule has 7 nitrogen and oxygen atoms in total. The SMILES string of the molecule is CNS(=O)(=O)c1ccccc1N1CCN(C(=O)CC(C)N)CC1.Cl.Cl. The van der Waals surface area contributed by atoms with Crippen LogP contribution in [0.1, 0.15) is 13.3 Å². The number of piperazine rings is 1. The molecule has 1 aromatic rings. The molecule has 1 unspecified atom stereocenters. The molecule has 10 heteroatoms. The van der Waals surface area contributed by atoms with Gasteiger partial charge in [0.05, 0.1) is 5.69 Å². The minimum absolute atomic E-state index is 0. The zero-order valence-corrected chi connectivity index (χ0v) is 16.8. The van der Waals surface area contributed by atoms with Gasteiger partial charge in [0.15, 0.2) is 0 Å². The van der Waals surface area contributed by atoms with Gasteiger partial charge < -0.3 is 15.5 Å². The lowest BCUT2D eigenvalue weighted by atomic mass is 10.2. The fourth-order valence-electron chi connectivity index (χ4n) is 2.66. The van der Waals surface area contributed by atoms with Crippen molar-refractivity contribution in [2.24, 2.45) is 5.73 Å². The average Bonchev–Trinajstić information content (AvgIpc) is 2.54. The van der Waals surface area contributed by atoms with E-state index in [1.807, 2.05) is 17.9 Å². The summed E-state index contributed by atoms with van der Waals surface area (Å²) in [6.45, 7) is 4.15. The first kappa shape index (κ1) is 23.9. The van der Waals surface area contributed by atoms with Gasteiger partial charge in [0.25, 0.3) is 0 Å². The third-order valence-electron chi connectivity index (χ3n) is 3.89. The second kappa shape index (κ2) is 10.2. The van der Waals surface area contributed by atoms with E-state index in [2.05, 4.69) is 4.72 Å². The quantitative estimate of drug-likeness (QED) is 0.746. The van der Waals surface area contributed by atoms with Crippen molar-refractivity contribution >= 4 is 46.4 Å². The maximum atomic E-state index is 12.1. The van der Waals surface area contributed by atoms with Crippen molar-refractivity contribution in [2.75, 3.05) is 38.1 Å². The fraction of sp³-hybridized carbons (Fsp3) is 0.533. The van der Waals surface area contributed by atoms with Crippen molar-refractivity contribution in [2.45, 2.75) is 24.3 Å². The van der Waals surface area contributed by atoms with Crippen LogP contribution in [0.25, 0.3) is 0 Å². The highest BCUT2D eigenvalue weighted by atomic mass is 35.5. The predicted octanol–water partition coefficient (Wildman–Crippen LogP) is 0.824. The summed E-state index contributed by atoms with van der Waals surface area (Å²) in [4.78, 5) is 16.1. The Morgan fingerprint density at radius 3 is 2.28 bits per heavy atom. The number of rotatable bonds is 5. The summed E-state index contributed by atoms with van der Waals surface area (Å²) in [7, 11) is -2.11. The number of para-hydroxylation sites is 1. The molecule has 1 fully saturated rings. The van der Waals surface area contributed by atoms with Crippen LogP contribution in [-0.4, -0.2) is 58.5 Å². The number of benzene rings is 1. The van der Waals surface area contributed by atoms with E-state index in [9.17, 15) is 13.2 Å². The molecule has 3 N–H and O–H groups in total. The highest BCUT2D eigenvalue weighted by Crippen LogP contribution is 2.25. The smallest absolute Gasteiger partial charge is 0.242 e. The zero-order chi connectivity index (χ0) is 17.0. The van der Waals surface area contributed by atoms with Gasteiger partial charge in [-0.3, -0.25) is 4.79 Å². The molecular formula is C15H26Cl2N4O3S. The highest BCUT2D eigenvalue weighted by Gasteiger charge is 2.25. The number of nitrogens with zero attached hydrogens (tertiary/aromatic N) is 2. The lowest BCUT2D eigenvalue weighted by molar-refractivity contribution is -0.131. The Bertz CT molecular complexity index is 662. The molecule has 1 aliphatic heterocycles. The van der Waals surface area contributed by atoms with E-state index < -0.39 is 10.0 Å². The topological polar surface area (TPSA) is 95.7 Å². The van der Waals surface area contributed by atoms with Crippen molar-refractivity contribution in [1.29, 1.82) is 0 Å². The van der Waals surface area contributed by atoms with Crippen molar-refractivity contribution in [3.63, 3.8) is 0 Å². The summed E-state index contributed by atoms with van der Waals surface area (Å²) >= 11 is 0. The van der Waals surface area contributed by atoms with Gasteiger partial charge in [0.2, 0.25) is 15.9 Å². The standard InChI is InChI=1S/C15H24N4O3S.2ClH/c1-12(16)11-15(20)19-9-7-18(8-10-19)13-5-3-4-6-14(13)23(21,22)17-2;;/h3-6,12,17H,7-11,16H2,1-2H3;2*1H. The van der Waals surface area contributed by atoms with Crippen LogP contribution in [0.4, 0.5) is 5.69 Å². The number of nitrogens with two attached hydrogens (primary N) is 1. The van der Waals surface area contributed by atoms with Crippen LogP contribution in [0.3, 0.4) is 0 Å². The summed E-state index contributed by atoms with van der Waals surface area (Å²) < 4.78 is 26.6. The van der Waals surface area contributed by atoms with E-state index in [1.165, 1.54) is 7.05 Å². The van der Waals surface area contributed by atoms with Crippen molar-refractivity contribution in [3.8, 4) is 0 Å². The van der Waals surface area contributed by atoms with Crippen LogP contribution in [-0.2, 0) is 14.8 Å². The molecule has 1 heterocycles. The summed E-state index contributed by atoms with van der Waals surface area (Å²) in [6, 6.07) is 6.76. The van der Waals surface area contributed by atoms with Gasteiger partial charge in [-0.25, -0.2) is 13.1 Å². The lowest BCUT2D eigenvalue weighted by Crippen LogP contribution is -2.50. The van der Waals surface area contributed by atoms with Crippen LogP contribution in [0.15, 0.2) is 29.2 Å². The minimum Gasteiger partial charge on any atom is -0.367 e. The average molecular weight is 413 g/mol. The number of carbonyl (C=O) groups is 1. The van der Waals surface area contributed by atoms with Crippen LogP contribution < -0.4 is 15.4 Å². The van der Waals surface area contributed by atoms with E-state index in [1.54, 1.807) is 23.1 Å². The Morgan fingerprint density at radius 2 is 1.76 bits per heavy atom. The van der Waals surface area contributed by atoms with Crippen molar-refractivity contribution < 1.29 is 13.2 Å². The van der Waals surface area contributed by atoms with Crippen molar-refractivity contribution in [1.82, 2.24) is 9.62 Å². The Kier molecular flexibility index (Phi) is 9.75. The lowest BCUT2D eigenvalue weighted by Gasteiger charge is -2.37. The molecule has 1 saturated heterocycles. The first-order chi connectivity index (χ1) is 10.8. The highest BCUT2D eigenvalue weighted by molar-refractivity contribution is 7.89. The number of halogens is 2. The summed E-state index contributed by atoms with van der Waals surface area (Å²) in [5.74, 6) is 0.0516. The maximum Gasteiger partial charge on any atom is 0.242 e. The van der Waals surface area contributed by atoms with E-state index in [-0.39, 0.29) is 41.7 Å². The zero-order valence-electron chi connectivity index (χ0n) is 14.3. The number of sulfonamides is 1. The minimum atomic E-state index is -3.51. The first-order valence-corrected chi connectivity index (χ1v) is 9.14. The molecule has 1 aliphatic rings. The molecule has 1 amide bonds. The Balaban J connectivity index is 0.00000288. The molecule has 0 radical (unpaired) electrons. The second-order valence-electron chi connectivity index (χ2n) is 5.72. The van der Waals surface area contributed by atoms with Gasteiger partial charge in [0, 0.05) is 38.6 Å². The molecular weight excluding hydrogens is 387 g/mol. The Hall–Kier alpha value is -1.06. The summed E-state index contributed by atoms with van der Waals surface area (Å²) in [5.41, 5.74) is 6.34. The number of anilines is 1. The van der Waals surface area contributed by atoms with Gasteiger partial charge >= 0.3 is 0 Å². The Labute approximate surface area is 161 Å². The van der Waals surface area contributed by atoms with Gasteiger partial charge in [-0.05, 0) is 26.1 Å². The van der Waals surface area contributed by atoms with E-state index in [4.69, 9.17) is 5.73 Å². The van der Waals surface area contributed by atoms with Gasteiger partial charge in [-0.2, -0.15) is 0 Å². The Morgan fingerprint density at radius 1 is 1.20 bits per heavy atom. The van der Waals surface area contributed by atoms with E-state index in [0.29, 0.717) is 38.3 Å². The predicted molar refractivity (Wildman–Crippen MR) is 104 cm³/mol. The number of hydrogen-bond donors (Lipinski definition) is 2. The van der Waals surface area contributed by atoms with Gasteiger partial charge in [0.1, 0.15) is 4.90 Å².